The SMILES string of the molecule is CC(C)CCC[C@@H](C)[C@H]1CC[C@H]2[C@@H]3CCC4C[C@@H](OC(=O)CCC(O)/C=C/C=O)CC[C@]4(C)[C@H]3CC[C@]12C. The number of hydrogen-bond donors (Lipinski definition) is 1. The molecule has 0 aromatic heterocycles. The van der Waals surface area contributed by atoms with Gasteiger partial charge in [0.1, 0.15) is 12.4 Å². The summed E-state index contributed by atoms with van der Waals surface area (Å²) in [7, 11) is 0. The van der Waals surface area contributed by atoms with E-state index in [1.807, 2.05) is 0 Å². The molecule has 0 heterocycles. The van der Waals surface area contributed by atoms with Gasteiger partial charge in [0.25, 0.3) is 0 Å². The zero-order valence-corrected chi connectivity index (χ0v) is 25.0. The van der Waals surface area contributed by atoms with Crippen LogP contribution in [0.4, 0.5) is 0 Å². The predicted octanol–water partition coefficient (Wildman–Crippen LogP) is 7.92. The van der Waals surface area contributed by atoms with Crippen LogP contribution in [0.3, 0.4) is 0 Å². The smallest absolute Gasteiger partial charge is 0.306 e. The molecule has 0 spiro atoms. The predicted molar refractivity (Wildman–Crippen MR) is 153 cm³/mol. The summed E-state index contributed by atoms with van der Waals surface area (Å²) in [5, 5.41) is 9.87. The van der Waals surface area contributed by atoms with E-state index in [9.17, 15) is 14.7 Å². The van der Waals surface area contributed by atoms with Gasteiger partial charge < -0.3 is 9.84 Å². The van der Waals surface area contributed by atoms with Gasteiger partial charge in [0.15, 0.2) is 0 Å². The fourth-order valence-electron chi connectivity index (χ4n) is 10.1. The molecule has 0 aliphatic heterocycles. The molecule has 2 unspecified atom stereocenters. The molecule has 0 aromatic carbocycles. The first-order valence-electron chi connectivity index (χ1n) is 16.1. The Labute approximate surface area is 232 Å². The Morgan fingerprint density at radius 2 is 1.68 bits per heavy atom. The molecule has 4 saturated carbocycles. The summed E-state index contributed by atoms with van der Waals surface area (Å²) < 4.78 is 5.91. The van der Waals surface area contributed by atoms with E-state index in [-0.39, 0.29) is 18.5 Å². The second-order valence-corrected chi connectivity index (χ2v) is 14.7. The van der Waals surface area contributed by atoms with Gasteiger partial charge in [-0.3, -0.25) is 9.59 Å². The molecule has 1 N–H and O–H groups in total. The summed E-state index contributed by atoms with van der Waals surface area (Å²) in [5.41, 5.74) is 0.934. The highest BCUT2D eigenvalue weighted by Gasteiger charge is 2.60. The van der Waals surface area contributed by atoms with Gasteiger partial charge in [-0.25, -0.2) is 0 Å². The zero-order valence-electron chi connectivity index (χ0n) is 25.0. The number of carbonyl (C=O) groups is 2. The third-order valence-electron chi connectivity index (χ3n) is 12.2. The molecular formula is C34H56O4. The lowest BCUT2D eigenvalue weighted by molar-refractivity contribution is -0.163. The molecular weight excluding hydrogens is 472 g/mol. The molecule has 38 heavy (non-hydrogen) atoms. The van der Waals surface area contributed by atoms with E-state index in [1.165, 1.54) is 76.4 Å². The maximum Gasteiger partial charge on any atom is 0.306 e. The van der Waals surface area contributed by atoms with Crippen molar-refractivity contribution in [1.29, 1.82) is 0 Å². The topological polar surface area (TPSA) is 63.6 Å². The molecule has 4 rings (SSSR count). The largest absolute Gasteiger partial charge is 0.462 e. The minimum atomic E-state index is -0.770. The third-order valence-corrected chi connectivity index (χ3v) is 12.2. The van der Waals surface area contributed by atoms with Crippen LogP contribution in [0.1, 0.15) is 125 Å². The van der Waals surface area contributed by atoms with Gasteiger partial charge in [-0.15, -0.1) is 0 Å². The number of carbonyl (C=O) groups excluding carboxylic acids is 2. The summed E-state index contributed by atoms with van der Waals surface area (Å²) in [6.45, 7) is 12.5. The third kappa shape index (κ3) is 6.26. The molecule has 0 amide bonds. The van der Waals surface area contributed by atoms with Gasteiger partial charge in [0.2, 0.25) is 0 Å². The molecule has 10 atom stereocenters. The first-order chi connectivity index (χ1) is 18.1. The van der Waals surface area contributed by atoms with Crippen LogP contribution < -0.4 is 0 Å². The summed E-state index contributed by atoms with van der Waals surface area (Å²) in [5.74, 6) is 5.68. The van der Waals surface area contributed by atoms with Crippen molar-refractivity contribution < 1.29 is 19.4 Å². The van der Waals surface area contributed by atoms with E-state index in [0.29, 0.717) is 29.5 Å². The second-order valence-electron chi connectivity index (χ2n) is 14.7. The van der Waals surface area contributed by atoms with Gasteiger partial charge in [-0.1, -0.05) is 60.0 Å². The molecule has 0 radical (unpaired) electrons. The quantitative estimate of drug-likeness (QED) is 0.168. The molecule has 4 nitrogen and oxygen atoms in total. The Kier molecular flexibility index (Phi) is 9.86. The van der Waals surface area contributed by atoms with Crippen molar-refractivity contribution in [3.05, 3.63) is 12.2 Å². The van der Waals surface area contributed by atoms with Crippen molar-refractivity contribution in [3.8, 4) is 0 Å². The lowest BCUT2D eigenvalue weighted by Crippen LogP contribution is -2.54. The monoisotopic (exact) mass is 528 g/mol. The molecule has 216 valence electrons. The summed E-state index contributed by atoms with van der Waals surface area (Å²) in [4.78, 5) is 22.9. The van der Waals surface area contributed by atoms with Gasteiger partial charge in [0.05, 0.1) is 6.10 Å². The Morgan fingerprint density at radius 1 is 0.947 bits per heavy atom. The van der Waals surface area contributed by atoms with Crippen LogP contribution in [-0.2, 0) is 14.3 Å². The van der Waals surface area contributed by atoms with Crippen molar-refractivity contribution >= 4 is 12.3 Å². The maximum atomic E-state index is 12.5. The Hall–Kier alpha value is -1.16. The average Bonchev–Trinajstić information content (AvgIpc) is 3.23. The summed E-state index contributed by atoms with van der Waals surface area (Å²) >= 11 is 0. The van der Waals surface area contributed by atoms with Crippen molar-refractivity contribution in [2.75, 3.05) is 0 Å². The van der Waals surface area contributed by atoms with Crippen LogP contribution in [0.25, 0.3) is 0 Å². The van der Waals surface area contributed by atoms with Gasteiger partial charge in [0, 0.05) is 6.42 Å². The van der Waals surface area contributed by atoms with E-state index in [2.05, 4.69) is 34.6 Å². The van der Waals surface area contributed by atoms with E-state index >= 15 is 0 Å². The highest BCUT2D eigenvalue weighted by Crippen LogP contribution is 2.68. The molecule has 4 heteroatoms. The van der Waals surface area contributed by atoms with Crippen LogP contribution in [0.5, 0.6) is 0 Å². The van der Waals surface area contributed by atoms with Crippen LogP contribution in [0, 0.1) is 52.3 Å². The van der Waals surface area contributed by atoms with Gasteiger partial charge in [-0.05, 0) is 123 Å². The molecule has 4 aliphatic carbocycles. The second kappa shape index (κ2) is 12.6. The van der Waals surface area contributed by atoms with E-state index in [0.717, 1.165) is 48.3 Å². The zero-order chi connectivity index (χ0) is 27.5. The maximum absolute atomic E-state index is 12.5. The number of aliphatic hydroxyl groups excluding tert-OH is 1. The Bertz CT molecular complexity index is 834. The standard InChI is InChI=1S/C34H56O4/c1-23(2)8-6-9-24(3)29-14-15-30-28-13-11-25-22-27(38-32(37)16-12-26(36)10-7-21-35)17-19-33(25,4)31(28)18-20-34(29,30)5/h7,10,21,23-31,36H,6,8-9,11-20,22H2,1-5H3/b10-7+/t24-,25?,26?,27+,28+,29-,30+,31+,33+,34-/m1/s1. The number of fused-ring (bicyclic) bond motifs is 5. The van der Waals surface area contributed by atoms with Crippen molar-refractivity contribution in [2.45, 2.75) is 137 Å². The summed E-state index contributed by atoms with van der Waals surface area (Å²) in [6, 6.07) is 0. The lowest BCUT2D eigenvalue weighted by Gasteiger charge is -2.61. The van der Waals surface area contributed by atoms with Gasteiger partial charge in [-0.2, -0.15) is 0 Å². The van der Waals surface area contributed by atoms with Crippen molar-refractivity contribution in [3.63, 3.8) is 0 Å². The number of allylic oxidation sites excluding steroid dienone is 1. The number of aliphatic hydroxyl groups is 1. The van der Waals surface area contributed by atoms with Crippen molar-refractivity contribution in [1.82, 2.24) is 0 Å². The molecule has 4 aliphatic rings. The van der Waals surface area contributed by atoms with E-state index < -0.39 is 6.10 Å². The Balaban J connectivity index is 1.32. The van der Waals surface area contributed by atoms with Crippen LogP contribution in [0.15, 0.2) is 12.2 Å². The number of hydrogen-bond acceptors (Lipinski definition) is 4. The number of rotatable bonds is 11. The number of aldehydes is 1. The first-order valence-corrected chi connectivity index (χ1v) is 16.1. The van der Waals surface area contributed by atoms with E-state index in [1.54, 1.807) is 0 Å². The molecule has 0 aromatic rings. The van der Waals surface area contributed by atoms with E-state index in [4.69, 9.17) is 4.74 Å². The minimum absolute atomic E-state index is 0.0243. The van der Waals surface area contributed by atoms with Crippen molar-refractivity contribution in [2.24, 2.45) is 52.3 Å². The number of esters is 1. The highest BCUT2D eigenvalue weighted by atomic mass is 16.5. The average molecular weight is 529 g/mol. The van der Waals surface area contributed by atoms with Crippen LogP contribution in [-0.4, -0.2) is 29.6 Å². The van der Waals surface area contributed by atoms with Gasteiger partial charge >= 0.3 is 5.97 Å². The molecule has 0 saturated heterocycles. The highest BCUT2D eigenvalue weighted by molar-refractivity contribution is 5.69. The minimum Gasteiger partial charge on any atom is -0.462 e. The number of ether oxygens (including phenoxy) is 1. The molecule has 4 fully saturated rings. The lowest BCUT2D eigenvalue weighted by atomic mass is 9.44. The fraction of sp³-hybridized carbons (Fsp3) is 0.882. The molecule has 0 bridgehead atoms. The Morgan fingerprint density at radius 3 is 2.42 bits per heavy atom. The fourth-order valence-corrected chi connectivity index (χ4v) is 10.1. The van der Waals surface area contributed by atoms with Crippen LogP contribution >= 0.6 is 0 Å². The summed E-state index contributed by atoms with van der Waals surface area (Å²) in [6.07, 6.45) is 18.8. The first kappa shape index (κ1) is 29.8. The normalized spacial score (nSPS) is 40.3. The van der Waals surface area contributed by atoms with Crippen LogP contribution in [0.2, 0.25) is 0 Å².